The van der Waals surface area contributed by atoms with Crippen LogP contribution in [0.25, 0.3) is 0 Å². The van der Waals surface area contributed by atoms with E-state index in [0.717, 1.165) is 0 Å². The van der Waals surface area contributed by atoms with Crippen molar-refractivity contribution in [2.75, 3.05) is 0 Å². The normalized spacial score (nSPS) is 11.3. The minimum atomic E-state index is -3.85. The van der Waals surface area contributed by atoms with Gasteiger partial charge in [0.2, 0.25) is 5.91 Å². The third-order valence-corrected chi connectivity index (χ3v) is 4.10. The zero-order chi connectivity index (χ0) is 16.7. The molecule has 0 heterocycles. The van der Waals surface area contributed by atoms with Gasteiger partial charge in [-0.1, -0.05) is 25.1 Å². The molecule has 0 aliphatic carbocycles. The highest BCUT2D eigenvalue weighted by Gasteiger charge is 2.15. The summed E-state index contributed by atoms with van der Waals surface area (Å²) in [6.07, 6.45) is 1.81. The Hall–Kier alpha value is -2.67. The monoisotopic (exact) mass is 332 g/mol. The fourth-order valence-electron chi connectivity index (χ4n) is 1.63. The van der Waals surface area contributed by atoms with E-state index in [-0.39, 0.29) is 16.6 Å². The molecule has 23 heavy (non-hydrogen) atoms. The summed E-state index contributed by atoms with van der Waals surface area (Å²) >= 11 is 0. The van der Waals surface area contributed by atoms with Crippen LogP contribution in [0.1, 0.15) is 18.9 Å². The number of nitrogens with one attached hydrogen (secondary N) is 1. The Labute approximate surface area is 134 Å². The first kappa shape index (κ1) is 16.7. The highest BCUT2D eigenvalue weighted by Crippen LogP contribution is 2.18. The summed E-state index contributed by atoms with van der Waals surface area (Å²) in [5.74, 6) is 0.0127. The van der Waals surface area contributed by atoms with Crippen LogP contribution in [0.15, 0.2) is 64.6 Å². The van der Waals surface area contributed by atoms with Crippen LogP contribution < -0.4 is 9.61 Å². The lowest BCUT2D eigenvalue weighted by molar-refractivity contribution is -0.120. The van der Waals surface area contributed by atoms with Crippen LogP contribution >= 0.6 is 0 Å². The molecule has 0 aliphatic heterocycles. The predicted octanol–water partition coefficient (Wildman–Crippen LogP) is 2.31. The van der Waals surface area contributed by atoms with E-state index in [1.54, 1.807) is 37.3 Å². The molecule has 0 spiro atoms. The van der Waals surface area contributed by atoms with Crippen molar-refractivity contribution >= 4 is 22.2 Å². The Morgan fingerprint density at radius 1 is 1.13 bits per heavy atom. The summed E-state index contributed by atoms with van der Waals surface area (Å²) in [5.41, 5.74) is 3.06. The van der Waals surface area contributed by atoms with Crippen molar-refractivity contribution in [3.05, 3.63) is 60.2 Å². The minimum absolute atomic E-state index is 0.0907. The van der Waals surface area contributed by atoms with Crippen LogP contribution in [0, 0.1) is 0 Å². The van der Waals surface area contributed by atoms with Crippen LogP contribution in [0.4, 0.5) is 0 Å². The van der Waals surface area contributed by atoms with Crippen molar-refractivity contribution in [1.82, 2.24) is 5.43 Å². The van der Waals surface area contributed by atoms with Gasteiger partial charge in [-0.25, -0.2) is 5.43 Å². The summed E-state index contributed by atoms with van der Waals surface area (Å²) in [5, 5.41) is 3.78. The van der Waals surface area contributed by atoms with E-state index in [9.17, 15) is 13.2 Å². The van der Waals surface area contributed by atoms with Gasteiger partial charge >= 0.3 is 10.1 Å². The third kappa shape index (κ3) is 4.93. The van der Waals surface area contributed by atoms with Gasteiger partial charge in [0.25, 0.3) is 0 Å². The van der Waals surface area contributed by atoms with Gasteiger partial charge in [-0.15, -0.1) is 0 Å². The average Bonchev–Trinajstić information content (AvgIpc) is 2.57. The second-order valence-corrected chi connectivity index (χ2v) is 6.11. The first-order valence-corrected chi connectivity index (χ1v) is 8.33. The summed E-state index contributed by atoms with van der Waals surface area (Å²) in [6, 6.07) is 14.2. The van der Waals surface area contributed by atoms with Gasteiger partial charge in [0.15, 0.2) is 0 Å². The van der Waals surface area contributed by atoms with Gasteiger partial charge in [-0.2, -0.15) is 13.5 Å². The van der Waals surface area contributed by atoms with Gasteiger partial charge < -0.3 is 4.18 Å². The first-order valence-electron chi connectivity index (χ1n) is 6.93. The quantitative estimate of drug-likeness (QED) is 0.500. The Morgan fingerprint density at radius 3 is 2.39 bits per heavy atom. The van der Waals surface area contributed by atoms with Crippen LogP contribution in [-0.4, -0.2) is 20.5 Å². The van der Waals surface area contributed by atoms with Crippen molar-refractivity contribution in [3.8, 4) is 5.75 Å². The van der Waals surface area contributed by atoms with Crippen LogP contribution in [0.2, 0.25) is 0 Å². The lowest BCUT2D eigenvalue weighted by Gasteiger charge is -2.06. The highest BCUT2D eigenvalue weighted by atomic mass is 32.2. The molecule has 6 nitrogen and oxygen atoms in total. The highest BCUT2D eigenvalue weighted by molar-refractivity contribution is 7.87. The number of carbonyl (C=O) groups excluding carboxylic acids is 1. The number of amides is 1. The van der Waals surface area contributed by atoms with Crippen molar-refractivity contribution in [2.45, 2.75) is 18.2 Å². The van der Waals surface area contributed by atoms with Crippen LogP contribution in [0.5, 0.6) is 5.75 Å². The standard InChI is InChI=1S/C16H16N2O4S/c1-2-16(19)18-17-12-13-8-10-14(11-9-13)22-23(20,21)15-6-4-3-5-7-15/h3-12H,2H2,1H3,(H,18,19)/b17-12-. The maximum absolute atomic E-state index is 12.1. The second kappa shape index (κ2) is 7.55. The van der Waals surface area contributed by atoms with E-state index < -0.39 is 10.1 Å². The summed E-state index contributed by atoms with van der Waals surface area (Å²) in [7, 11) is -3.85. The molecule has 0 bridgehead atoms. The molecule has 0 unspecified atom stereocenters. The number of hydrogen-bond donors (Lipinski definition) is 1. The van der Waals surface area contributed by atoms with Crippen molar-refractivity contribution < 1.29 is 17.4 Å². The Balaban J connectivity index is 2.04. The molecule has 0 aromatic heterocycles. The van der Waals surface area contributed by atoms with Crippen molar-refractivity contribution in [3.63, 3.8) is 0 Å². The maximum atomic E-state index is 12.1. The van der Waals surface area contributed by atoms with Crippen molar-refractivity contribution in [1.29, 1.82) is 0 Å². The van der Waals surface area contributed by atoms with E-state index >= 15 is 0 Å². The molecular formula is C16H16N2O4S. The van der Waals surface area contributed by atoms with E-state index in [2.05, 4.69) is 10.5 Å². The van der Waals surface area contributed by atoms with Crippen LogP contribution in [-0.2, 0) is 14.9 Å². The zero-order valence-electron chi connectivity index (χ0n) is 12.5. The van der Waals surface area contributed by atoms with Crippen LogP contribution in [0.3, 0.4) is 0 Å². The maximum Gasteiger partial charge on any atom is 0.339 e. The number of carbonyl (C=O) groups is 1. The molecule has 1 amide bonds. The fourth-order valence-corrected chi connectivity index (χ4v) is 2.58. The predicted molar refractivity (Wildman–Crippen MR) is 86.7 cm³/mol. The van der Waals surface area contributed by atoms with Gasteiger partial charge in [-0.3, -0.25) is 4.79 Å². The molecule has 2 aromatic carbocycles. The molecule has 2 rings (SSSR count). The van der Waals surface area contributed by atoms with Crippen molar-refractivity contribution in [2.24, 2.45) is 5.10 Å². The molecule has 0 aliphatic rings. The molecule has 0 radical (unpaired) electrons. The Kier molecular flexibility index (Phi) is 5.48. The van der Waals surface area contributed by atoms with Gasteiger partial charge in [0.1, 0.15) is 10.6 Å². The number of hydrazone groups is 1. The summed E-state index contributed by atoms with van der Waals surface area (Å²) in [4.78, 5) is 11.1. The molecule has 2 aromatic rings. The van der Waals surface area contributed by atoms with Gasteiger partial charge in [-0.05, 0) is 42.0 Å². The number of hydrogen-bond acceptors (Lipinski definition) is 5. The van der Waals surface area contributed by atoms with E-state index in [0.29, 0.717) is 12.0 Å². The molecule has 120 valence electrons. The molecule has 1 N–H and O–H groups in total. The second-order valence-electron chi connectivity index (χ2n) is 4.57. The Bertz CT molecular complexity index is 785. The largest absolute Gasteiger partial charge is 0.379 e. The summed E-state index contributed by atoms with van der Waals surface area (Å²) in [6.45, 7) is 1.73. The number of benzene rings is 2. The lowest BCUT2D eigenvalue weighted by atomic mass is 10.2. The van der Waals surface area contributed by atoms with Gasteiger partial charge in [0.05, 0.1) is 6.21 Å². The molecule has 0 saturated carbocycles. The molecule has 0 atom stereocenters. The average molecular weight is 332 g/mol. The van der Waals surface area contributed by atoms with E-state index in [1.165, 1.54) is 30.5 Å². The van der Waals surface area contributed by atoms with Gasteiger partial charge in [0, 0.05) is 6.42 Å². The number of rotatable bonds is 6. The first-order chi connectivity index (χ1) is 11.0. The summed E-state index contributed by atoms with van der Waals surface area (Å²) < 4.78 is 29.2. The minimum Gasteiger partial charge on any atom is -0.379 e. The molecular weight excluding hydrogens is 316 g/mol. The molecule has 7 heteroatoms. The fraction of sp³-hybridized carbons (Fsp3) is 0.125. The van der Waals surface area contributed by atoms with E-state index in [1.807, 2.05) is 0 Å². The Morgan fingerprint density at radius 2 is 1.78 bits per heavy atom. The molecule has 0 fully saturated rings. The SMILES string of the molecule is CCC(=O)N/N=C\c1ccc(OS(=O)(=O)c2ccccc2)cc1. The smallest absolute Gasteiger partial charge is 0.339 e. The van der Waals surface area contributed by atoms with E-state index in [4.69, 9.17) is 4.18 Å². The lowest BCUT2D eigenvalue weighted by Crippen LogP contribution is -2.15. The topological polar surface area (TPSA) is 84.8 Å². The number of nitrogens with zero attached hydrogens (tertiary/aromatic N) is 1. The molecule has 0 saturated heterocycles. The zero-order valence-corrected chi connectivity index (χ0v) is 13.3. The third-order valence-electron chi connectivity index (χ3n) is 2.84.